The number of carboxylic acid groups (broad SMARTS) is 1. The average molecular weight is 307 g/mol. The van der Waals surface area contributed by atoms with E-state index in [1.807, 2.05) is 0 Å². The lowest BCUT2D eigenvalue weighted by Gasteiger charge is -2.28. The van der Waals surface area contributed by atoms with Crippen LogP contribution in [-0.2, 0) is 14.4 Å². The maximum Gasteiger partial charge on any atom is 0.326 e. The molecule has 2 amide bonds. The molecule has 0 bridgehead atoms. The molecule has 0 spiro atoms. The van der Waals surface area contributed by atoms with Gasteiger partial charge in [0, 0.05) is 6.20 Å². The summed E-state index contributed by atoms with van der Waals surface area (Å²) >= 11 is 0. The van der Waals surface area contributed by atoms with Crippen LogP contribution in [0.4, 0.5) is 5.82 Å². The van der Waals surface area contributed by atoms with Crippen molar-refractivity contribution >= 4 is 23.6 Å². The fraction of sp³-hybridized carbons (Fsp3) is 0.429. The van der Waals surface area contributed by atoms with E-state index in [-0.39, 0.29) is 24.9 Å². The number of nitrogens with one attached hydrogen (secondary N) is 1. The fourth-order valence-electron chi connectivity index (χ4n) is 2.07. The molecule has 1 aromatic heterocycles. The number of rotatable bonds is 5. The highest BCUT2D eigenvalue weighted by Gasteiger charge is 2.30. The van der Waals surface area contributed by atoms with E-state index in [0.717, 1.165) is 0 Å². The summed E-state index contributed by atoms with van der Waals surface area (Å²) in [4.78, 5) is 40.3. The van der Waals surface area contributed by atoms with Gasteiger partial charge >= 0.3 is 5.97 Å². The van der Waals surface area contributed by atoms with Crippen LogP contribution in [0, 0.1) is 5.92 Å². The Morgan fingerprint density at radius 3 is 2.86 bits per heavy atom. The van der Waals surface area contributed by atoms with Crippen LogP contribution in [0.1, 0.15) is 13.8 Å². The Morgan fingerprint density at radius 1 is 1.50 bits per heavy atom. The maximum absolute atomic E-state index is 12.0. The molecule has 0 radical (unpaired) electrons. The first kappa shape index (κ1) is 15.7. The first-order chi connectivity index (χ1) is 10.4. The smallest absolute Gasteiger partial charge is 0.326 e. The minimum atomic E-state index is -1.12. The molecular weight excluding hydrogens is 290 g/mol. The van der Waals surface area contributed by atoms with Crippen LogP contribution in [0.2, 0.25) is 0 Å². The molecule has 0 aromatic carbocycles. The van der Waals surface area contributed by atoms with Crippen molar-refractivity contribution in [1.82, 2.24) is 10.3 Å². The molecule has 0 fully saturated rings. The second-order valence-corrected chi connectivity index (χ2v) is 5.22. The Labute approximate surface area is 127 Å². The monoisotopic (exact) mass is 307 g/mol. The van der Waals surface area contributed by atoms with Crippen LogP contribution in [-0.4, -0.2) is 47.1 Å². The molecule has 8 heteroatoms. The van der Waals surface area contributed by atoms with Gasteiger partial charge in [0.1, 0.15) is 12.6 Å². The third kappa shape index (κ3) is 3.33. The number of aromatic nitrogens is 1. The minimum Gasteiger partial charge on any atom is -0.480 e. The molecule has 8 nitrogen and oxygen atoms in total. The number of carbonyl (C=O) groups excluding carboxylic acids is 2. The van der Waals surface area contributed by atoms with Gasteiger partial charge in [0.05, 0.1) is 0 Å². The molecule has 1 atom stereocenters. The van der Waals surface area contributed by atoms with Crippen LogP contribution < -0.4 is 15.0 Å². The molecule has 1 aromatic rings. The summed E-state index contributed by atoms with van der Waals surface area (Å²) in [5.74, 6) is -1.69. The number of pyridine rings is 1. The van der Waals surface area contributed by atoms with Crippen molar-refractivity contribution in [2.24, 2.45) is 5.92 Å². The van der Waals surface area contributed by atoms with E-state index in [4.69, 9.17) is 9.84 Å². The van der Waals surface area contributed by atoms with Gasteiger partial charge in [-0.05, 0) is 18.1 Å². The van der Waals surface area contributed by atoms with Crippen LogP contribution in [0.3, 0.4) is 0 Å². The summed E-state index contributed by atoms with van der Waals surface area (Å²) < 4.78 is 5.23. The first-order valence-corrected chi connectivity index (χ1v) is 6.80. The van der Waals surface area contributed by atoms with Crippen molar-refractivity contribution in [2.45, 2.75) is 19.9 Å². The molecule has 0 saturated heterocycles. The summed E-state index contributed by atoms with van der Waals surface area (Å²) in [5.41, 5.74) is 0. The van der Waals surface area contributed by atoms with Gasteiger partial charge in [-0.3, -0.25) is 14.5 Å². The number of carboxylic acids is 1. The number of fused-ring (bicyclic) bond motifs is 1. The number of ether oxygens (including phenoxy) is 1. The average Bonchev–Trinajstić information content (AvgIpc) is 2.47. The third-order valence-electron chi connectivity index (χ3n) is 3.21. The lowest BCUT2D eigenvalue weighted by Crippen LogP contribution is -2.50. The molecule has 1 aliphatic heterocycles. The molecular formula is C14H17N3O5. The summed E-state index contributed by atoms with van der Waals surface area (Å²) in [6.45, 7) is 2.90. The molecule has 0 saturated carbocycles. The van der Waals surface area contributed by atoms with Gasteiger partial charge in [-0.25, -0.2) is 9.78 Å². The Bertz CT molecular complexity index is 602. The summed E-state index contributed by atoms with van der Waals surface area (Å²) in [6, 6.07) is 2.30. The van der Waals surface area contributed by atoms with Gasteiger partial charge in [0.25, 0.3) is 5.91 Å². The highest BCUT2D eigenvalue weighted by molar-refractivity contribution is 6.01. The Hall–Kier alpha value is -2.64. The summed E-state index contributed by atoms with van der Waals surface area (Å²) in [7, 11) is 0. The van der Waals surface area contributed by atoms with Gasteiger partial charge in [-0.2, -0.15) is 0 Å². The number of nitrogens with zero attached hydrogens (tertiary/aromatic N) is 2. The van der Waals surface area contributed by atoms with Crippen molar-refractivity contribution in [3.63, 3.8) is 0 Å². The maximum atomic E-state index is 12.0. The molecule has 1 unspecified atom stereocenters. The molecule has 22 heavy (non-hydrogen) atoms. The van der Waals surface area contributed by atoms with E-state index >= 15 is 0 Å². The topological polar surface area (TPSA) is 109 Å². The Morgan fingerprint density at radius 2 is 2.23 bits per heavy atom. The number of hydrogen-bond donors (Lipinski definition) is 2. The zero-order valence-electron chi connectivity index (χ0n) is 12.3. The lowest BCUT2D eigenvalue weighted by molar-refractivity contribution is -0.142. The SMILES string of the molecule is CC(C)C(NC(=O)CN1C(=O)COc2cccnc21)C(=O)O. The van der Waals surface area contributed by atoms with Gasteiger partial charge in [0.2, 0.25) is 5.91 Å². The summed E-state index contributed by atoms with van der Waals surface area (Å²) in [5, 5.41) is 11.5. The quantitative estimate of drug-likeness (QED) is 0.794. The zero-order chi connectivity index (χ0) is 16.3. The third-order valence-corrected chi connectivity index (χ3v) is 3.21. The second-order valence-electron chi connectivity index (χ2n) is 5.22. The van der Waals surface area contributed by atoms with Gasteiger partial charge < -0.3 is 15.2 Å². The highest BCUT2D eigenvalue weighted by atomic mass is 16.5. The largest absolute Gasteiger partial charge is 0.480 e. The van der Waals surface area contributed by atoms with Crippen molar-refractivity contribution in [3.8, 4) is 5.75 Å². The highest BCUT2D eigenvalue weighted by Crippen LogP contribution is 2.28. The molecule has 2 N–H and O–H groups in total. The van der Waals surface area contributed by atoms with Gasteiger partial charge in [0.15, 0.2) is 18.2 Å². The molecule has 2 rings (SSSR count). The van der Waals surface area contributed by atoms with Gasteiger partial charge in [-0.1, -0.05) is 13.8 Å². The number of amides is 2. The molecule has 1 aliphatic rings. The predicted molar refractivity (Wildman–Crippen MR) is 76.5 cm³/mol. The van der Waals surface area contributed by atoms with E-state index in [0.29, 0.717) is 5.75 Å². The molecule has 118 valence electrons. The summed E-state index contributed by atoms with van der Waals surface area (Å²) in [6.07, 6.45) is 1.49. The molecule has 2 heterocycles. The minimum absolute atomic E-state index is 0.182. The second kappa shape index (κ2) is 6.42. The first-order valence-electron chi connectivity index (χ1n) is 6.80. The van der Waals surface area contributed by atoms with E-state index in [1.54, 1.807) is 26.0 Å². The van der Waals surface area contributed by atoms with E-state index in [1.165, 1.54) is 11.1 Å². The Balaban J connectivity index is 2.11. The van der Waals surface area contributed by atoms with Crippen molar-refractivity contribution in [1.29, 1.82) is 0 Å². The molecule has 0 aliphatic carbocycles. The number of anilines is 1. The van der Waals surface area contributed by atoms with Crippen LogP contribution in [0.25, 0.3) is 0 Å². The lowest BCUT2D eigenvalue weighted by atomic mass is 10.0. The number of aliphatic carboxylic acids is 1. The number of hydrogen-bond acceptors (Lipinski definition) is 5. The normalized spacial score (nSPS) is 15.0. The predicted octanol–water partition coefficient (Wildman–Crippen LogP) is 0.0324. The number of carbonyl (C=O) groups is 3. The van der Waals surface area contributed by atoms with Crippen LogP contribution in [0.15, 0.2) is 18.3 Å². The fourth-order valence-corrected chi connectivity index (χ4v) is 2.07. The Kier molecular flexibility index (Phi) is 4.59. The van der Waals surface area contributed by atoms with E-state index in [9.17, 15) is 14.4 Å². The van der Waals surface area contributed by atoms with Gasteiger partial charge in [-0.15, -0.1) is 0 Å². The van der Waals surface area contributed by atoms with Crippen LogP contribution >= 0.6 is 0 Å². The van der Waals surface area contributed by atoms with E-state index in [2.05, 4.69) is 10.3 Å². The van der Waals surface area contributed by atoms with Crippen molar-refractivity contribution < 1.29 is 24.2 Å². The van der Waals surface area contributed by atoms with Crippen molar-refractivity contribution in [2.75, 3.05) is 18.1 Å². The van der Waals surface area contributed by atoms with E-state index < -0.39 is 23.8 Å². The zero-order valence-corrected chi connectivity index (χ0v) is 12.3. The standard InChI is InChI=1S/C14H17N3O5/c1-8(2)12(14(20)21)16-10(18)6-17-11(19)7-22-9-4-3-5-15-13(9)17/h3-5,8,12H,6-7H2,1-2H3,(H,16,18)(H,20,21). The van der Waals surface area contributed by atoms with Crippen molar-refractivity contribution in [3.05, 3.63) is 18.3 Å². The van der Waals surface area contributed by atoms with Crippen LogP contribution in [0.5, 0.6) is 5.75 Å².